The molecule has 3 rings (SSSR count). The SMILES string of the molecule is Cc1ccc(C2=NN(C(=O)CN(C)C(=O)C(C)C)[C@@H](c3ccccc3)C2)cc1C. The fraction of sp³-hybridized carbons (Fsp3) is 0.375. The van der Waals surface area contributed by atoms with Gasteiger partial charge in [-0.25, -0.2) is 5.01 Å². The number of likely N-dealkylation sites (N-methyl/N-ethyl adjacent to an activating group) is 1. The van der Waals surface area contributed by atoms with Crippen LogP contribution in [0.2, 0.25) is 0 Å². The fourth-order valence-electron chi connectivity index (χ4n) is 3.56. The van der Waals surface area contributed by atoms with E-state index in [-0.39, 0.29) is 30.3 Å². The highest BCUT2D eigenvalue weighted by Gasteiger charge is 2.34. The Morgan fingerprint density at radius 1 is 1.10 bits per heavy atom. The third-order valence-electron chi connectivity index (χ3n) is 5.43. The molecule has 0 unspecified atom stereocenters. The summed E-state index contributed by atoms with van der Waals surface area (Å²) < 4.78 is 0. The number of aryl methyl sites for hydroxylation is 2. The molecule has 152 valence electrons. The molecular formula is C24H29N3O2. The van der Waals surface area contributed by atoms with Crippen LogP contribution >= 0.6 is 0 Å². The van der Waals surface area contributed by atoms with E-state index >= 15 is 0 Å². The third-order valence-corrected chi connectivity index (χ3v) is 5.43. The summed E-state index contributed by atoms with van der Waals surface area (Å²) >= 11 is 0. The molecule has 0 saturated heterocycles. The maximum Gasteiger partial charge on any atom is 0.262 e. The Balaban J connectivity index is 1.90. The first-order chi connectivity index (χ1) is 13.8. The lowest BCUT2D eigenvalue weighted by molar-refractivity contribution is -0.142. The molecule has 0 bridgehead atoms. The molecule has 2 aromatic carbocycles. The van der Waals surface area contributed by atoms with Crippen molar-refractivity contribution in [2.45, 2.75) is 40.2 Å². The molecular weight excluding hydrogens is 362 g/mol. The van der Waals surface area contributed by atoms with Gasteiger partial charge in [0, 0.05) is 19.4 Å². The van der Waals surface area contributed by atoms with Gasteiger partial charge in [-0.1, -0.05) is 56.3 Å². The van der Waals surface area contributed by atoms with Gasteiger partial charge in [-0.05, 0) is 42.2 Å². The van der Waals surface area contributed by atoms with Gasteiger partial charge in [0.25, 0.3) is 5.91 Å². The maximum absolute atomic E-state index is 13.1. The van der Waals surface area contributed by atoms with Gasteiger partial charge in [0.1, 0.15) is 6.54 Å². The van der Waals surface area contributed by atoms with E-state index in [1.165, 1.54) is 16.0 Å². The van der Waals surface area contributed by atoms with Gasteiger partial charge in [-0.3, -0.25) is 9.59 Å². The number of carbonyl (C=O) groups is 2. The zero-order valence-electron chi connectivity index (χ0n) is 17.8. The number of hydrogen-bond acceptors (Lipinski definition) is 3. The van der Waals surface area contributed by atoms with Crippen LogP contribution in [0.4, 0.5) is 0 Å². The molecule has 2 aromatic rings. The predicted octanol–water partition coefficient (Wildman–Crippen LogP) is 4.10. The normalized spacial score (nSPS) is 16.1. The second-order valence-corrected chi connectivity index (χ2v) is 8.06. The van der Waals surface area contributed by atoms with Crippen LogP contribution in [0.5, 0.6) is 0 Å². The molecule has 0 aliphatic carbocycles. The van der Waals surface area contributed by atoms with Crippen molar-refractivity contribution >= 4 is 17.5 Å². The second-order valence-electron chi connectivity index (χ2n) is 8.06. The zero-order valence-corrected chi connectivity index (χ0v) is 17.8. The number of amides is 2. The topological polar surface area (TPSA) is 53.0 Å². The van der Waals surface area contributed by atoms with Crippen LogP contribution in [0, 0.1) is 19.8 Å². The average molecular weight is 392 g/mol. The minimum absolute atomic E-state index is 0.0179. The number of carbonyl (C=O) groups excluding carboxylic acids is 2. The van der Waals surface area contributed by atoms with E-state index in [9.17, 15) is 9.59 Å². The molecule has 1 aliphatic heterocycles. The lowest BCUT2D eigenvalue weighted by Gasteiger charge is -2.25. The van der Waals surface area contributed by atoms with E-state index in [4.69, 9.17) is 5.10 Å². The van der Waals surface area contributed by atoms with E-state index in [2.05, 4.69) is 32.0 Å². The average Bonchev–Trinajstić information content (AvgIpc) is 3.15. The van der Waals surface area contributed by atoms with E-state index < -0.39 is 0 Å². The van der Waals surface area contributed by atoms with Crippen LogP contribution in [0.25, 0.3) is 0 Å². The first-order valence-electron chi connectivity index (χ1n) is 10.0. The number of rotatable bonds is 5. The van der Waals surface area contributed by atoms with E-state index in [1.807, 2.05) is 44.2 Å². The summed E-state index contributed by atoms with van der Waals surface area (Å²) in [5, 5.41) is 6.27. The number of hydrogen-bond donors (Lipinski definition) is 0. The molecule has 2 amide bonds. The van der Waals surface area contributed by atoms with Crippen molar-refractivity contribution in [3.8, 4) is 0 Å². The Labute approximate surface area is 173 Å². The molecule has 1 heterocycles. The summed E-state index contributed by atoms with van der Waals surface area (Å²) in [5.41, 5.74) is 5.41. The molecule has 1 aliphatic rings. The Kier molecular flexibility index (Phi) is 6.16. The molecule has 1 atom stereocenters. The van der Waals surface area contributed by atoms with Gasteiger partial charge in [-0.2, -0.15) is 5.10 Å². The Bertz CT molecular complexity index is 934. The first-order valence-corrected chi connectivity index (χ1v) is 10.0. The number of benzene rings is 2. The number of nitrogens with zero attached hydrogens (tertiary/aromatic N) is 3. The predicted molar refractivity (Wildman–Crippen MR) is 116 cm³/mol. The first kappa shape index (κ1) is 20.8. The Hall–Kier alpha value is -2.95. The summed E-state index contributed by atoms with van der Waals surface area (Å²) in [6, 6.07) is 16.1. The molecule has 29 heavy (non-hydrogen) atoms. The van der Waals surface area contributed by atoms with Crippen molar-refractivity contribution in [3.05, 3.63) is 70.8 Å². The fourth-order valence-corrected chi connectivity index (χ4v) is 3.56. The highest BCUT2D eigenvalue weighted by atomic mass is 16.2. The number of hydrazone groups is 1. The summed E-state index contributed by atoms with van der Waals surface area (Å²) in [7, 11) is 1.67. The Morgan fingerprint density at radius 3 is 2.41 bits per heavy atom. The van der Waals surface area contributed by atoms with Crippen LogP contribution in [-0.2, 0) is 9.59 Å². The van der Waals surface area contributed by atoms with Crippen molar-refractivity contribution in [2.24, 2.45) is 11.0 Å². The third kappa shape index (κ3) is 4.56. The molecule has 0 N–H and O–H groups in total. The van der Waals surface area contributed by atoms with Crippen LogP contribution in [0.1, 0.15) is 48.6 Å². The van der Waals surface area contributed by atoms with Crippen molar-refractivity contribution < 1.29 is 9.59 Å². The van der Waals surface area contributed by atoms with Crippen LogP contribution in [0.15, 0.2) is 53.6 Å². The molecule has 0 saturated carbocycles. The van der Waals surface area contributed by atoms with Gasteiger partial charge >= 0.3 is 0 Å². The van der Waals surface area contributed by atoms with Gasteiger partial charge < -0.3 is 4.90 Å². The molecule has 5 heteroatoms. The Morgan fingerprint density at radius 2 is 1.79 bits per heavy atom. The lowest BCUT2D eigenvalue weighted by atomic mass is 9.96. The standard InChI is InChI=1S/C24H29N3O2/c1-16(2)24(29)26(5)15-23(28)27-22(19-9-7-6-8-10-19)14-21(25-27)20-12-11-17(3)18(4)13-20/h6-13,16,22H,14-15H2,1-5H3/t22-/m1/s1. The zero-order chi connectivity index (χ0) is 21.1. The second kappa shape index (κ2) is 8.60. The quantitative estimate of drug-likeness (QED) is 0.771. The minimum Gasteiger partial charge on any atom is -0.336 e. The van der Waals surface area contributed by atoms with Crippen LogP contribution in [0.3, 0.4) is 0 Å². The van der Waals surface area contributed by atoms with Gasteiger partial charge in [-0.15, -0.1) is 0 Å². The highest BCUT2D eigenvalue weighted by molar-refractivity contribution is 6.03. The largest absolute Gasteiger partial charge is 0.336 e. The van der Waals surface area contributed by atoms with Gasteiger partial charge in [0.2, 0.25) is 5.91 Å². The summed E-state index contributed by atoms with van der Waals surface area (Å²) in [5.74, 6) is -0.368. The lowest BCUT2D eigenvalue weighted by Crippen LogP contribution is -2.40. The molecule has 0 aromatic heterocycles. The molecule has 0 radical (unpaired) electrons. The van der Waals surface area contributed by atoms with E-state index in [1.54, 1.807) is 12.1 Å². The van der Waals surface area contributed by atoms with Gasteiger partial charge in [0.15, 0.2) is 0 Å². The van der Waals surface area contributed by atoms with Crippen LogP contribution < -0.4 is 0 Å². The van der Waals surface area contributed by atoms with Crippen LogP contribution in [-0.4, -0.2) is 41.0 Å². The van der Waals surface area contributed by atoms with Crippen molar-refractivity contribution in [2.75, 3.05) is 13.6 Å². The maximum atomic E-state index is 13.1. The van der Waals surface area contributed by atoms with Crippen molar-refractivity contribution in [1.82, 2.24) is 9.91 Å². The monoisotopic (exact) mass is 391 g/mol. The molecule has 0 fully saturated rings. The smallest absolute Gasteiger partial charge is 0.262 e. The summed E-state index contributed by atoms with van der Waals surface area (Å²) in [4.78, 5) is 26.8. The summed E-state index contributed by atoms with van der Waals surface area (Å²) in [6.45, 7) is 7.85. The van der Waals surface area contributed by atoms with Gasteiger partial charge in [0.05, 0.1) is 11.8 Å². The van der Waals surface area contributed by atoms with Crippen molar-refractivity contribution in [1.29, 1.82) is 0 Å². The van der Waals surface area contributed by atoms with E-state index in [0.29, 0.717) is 6.42 Å². The molecule has 0 spiro atoms. The minimum atomic E-state index is -0.172. The molecule has 5 nitrogen and oxygen atoms in total. The van der Waals surface area contributed by atoms with E-state index in [0.717, 1.165) is 16.8 Å². The highest BCUT2D eigenvalue weighted by Crippen LogP contribution is 2.33. The van der Waals surface area contributed by atoms with Crippen molar-refractivity contribution in [3.63, 3.8) is 0 Å². The summed E-state index contributed by atoms with van der Waals surface area (Å²) in [6.07, 6.45) is 0.653.